The summed E-state index contributed by atoms with van der Waals surface area (Å²) in [5.74, 6) is -7.50. The first-order valence-corrected chi connectivity index (χ1v) is 8.32. The minimum absolute atomic E-state index is 0.0669. The van der Waals surface area contributed by atoms with E-state index in [2.05, 4.69) is 10.3 Å². The SMILES string of the molecule is O=C(Nc1nc(-c2ccc3c(c2)OCO3)cs1)c1cc(F)c(F)c(F)c1F. The molecule has 1 aliphatic heterocycles. The Kier molecular flexibility index (Phi) is 4.19. The number of fused-ring (bicyclic) bond motifs is 1. The van der Waals surface area contributed by atoms with Crippen LogP contribution in [0.4, 0.5) is 22.7 Å². The number of nitrogens with zero attached hydrogens (tertiary/aromatic N) is 1. The number of rotatable bonds is 3. The molecule has 0 fully saturated rings. The fourth-order valence-electron chi connectivity index (χ4n) is 2.42. The molecule has 0 radical (unpaired) electrons. The summed E-state index contributed by atoms with van der Waals surface area (Å²) in [6.07, 6.45) is 0. The lowest BCUT2D eigenvalue weighted by atomic mass is 10.1. The van der Waals surface area contributed by atoms with Crippen molar-refractivity contribution in [3.8, 4) is 22.8 Å². The van der Waals surface area contributed by atoms with E-state index in [0.29, 0.717) is 22.8 Å². The number of anilines is 1. The Morgan fingerprint density at radius 1 is 1.04 bits per heavy atom. The molecule has 3 aromatic rings. The Hall–Kier alpha value is -3.14. The Morgan fingerprint density at radius 3 is 2.63 bits per heavy atom. The third-order valence-corrected chi connectivity index (χ3v) is 4.50. The average Bonchev–Trinajstić information content (AvgIpc) is 3.31. The molecule has 27 heavy (non-hydrogen) atoms. The second-order valence-electron chi connectivity index (χ2n) is 5.41. The maximum absolute atomic E-state index is 13.7. The smallest absolute Gasteiger partial charge is 0.260 e. The molecular formula is C17H8F4N2O3S. The molecule has 138 valence electrons. The van der Waals surface area contributed by atoms with Gasteiger partial charge < -0.3 is 9.47 Å². The third kappa shape index (κ3) is 3.08. The zero-order chi connectivity index (χ0) is 19.1. The predicted octanol–water partition coefficient (Wildman–Crippen LogP) is 4.35. The average molecular weight is 396 g/mol. The van der Waals surface area contributed by atoms with Gasteiger partial charge in [-0.15, -0.1) is 11.3 Å². The molecule has 0 unspecified atom stereocenters. The normalized spacial score (nSPS) is 12.3. The number of halogens is 4. The molecule has 4 rings (SSSR count). The maximum atomic E-state index is 13.7. The van der Waals surface area contributed by atoms with E-state index >= 15 is 0 Å². The van der Waals surface area contributed by atoms with Crippen LogP contribution >= 0.6 is 11.3 Å². The highest BCUT2D eigenvalue weighted by atomic mass is 32.1. The number of hydrogen-bond donors (Lipinski definition) is 1. The molecule has 0 saturated carbocycles. The fraction of sp³-hybridized carbons (Fsp3) is 0.0588. The lowest BCUT2D eigenvalue weighted by Crippen LogP contribution is -2.16. The van der Waals surface area contributed by atoms with Crippen LogP contribution in [0.25, 0.3) is 11.3 Å². The van der Waals surface area contributed by atoms with Crippen molar-refractivity contribution in [1.82, 2.24) is 4.98 Å². The van der Waals surface area contributed by atoms with Gasteiger partial charge in [0.2, 0.25) is 6.79 Å². The Balaban J connectivity index is 1.57. The van der Waals surface area contributed by atoms with Crippen molar-refractivity contribution in [1.29, 1.82) is 0 Å². The van der Waals surface area contributed by atoms with Crippen molar-refractivity contribution < 1.29 is 31.8 Å². The van der Waals surface area contributed by atoms with E-state index in [0.717, 1.165) is 11.3 Å². The number of thiazole rings is 1. The molecule has 2 aromatic carbocycles. The van der Waals surface area contributed by atoms with Gasteiger partial charge in [-0.05, 0) is 24.3 Å². The predicted molar refractivity (Wildman–Crippen MR) is 87.9 cm³/mol. The molecule has 0 aliphatic carbocycles. The van der Waals surface area contributed by atoms with Crippen LogP contribution in [0, 0.1) is 23.3 Å². The summed E-state index contributed by atoms with van der Waals surface area (Å²) in [5.41, 5.74) is 0.206. The lowest BCUT2D eigenvalue weighted by Gasteiger charge is -2.05. The highest BCUT2D eigenvalue weighted by Gasteiger charge is 2.24. The highest BCUT2D eigenvalue weighted by Crippen LogP contribution is 2.36. The summed E-state index contributed by atoms with van der Waals surface area (Å²) in [6.45, 7) is 0.119. The van der Waals surface area contributed by atoms with E-state index in [1.165, 1.54) is 0 Å². The summed E-state index contributed by atoms with van der Waals surface area (Å²) >= 11 is 1.02. The van der Waals surface area contributed by atoms with Gasteiger partial charge in [-0.3, -0.25) is 10.1 Å². The van der Waals surface area contributed by atoms with Crippen molar-refractivity contribution in [3.63, 3.8) is 0 Å². The van der Waals surface area contributed by atoms with Gasteiger partial charge in [0.05, 0.1) is 11.3 Å². The minimum atomic E-state index is -2.06. The summed E-state index contributed by atoms with van der Waals surface area (Å²) in [5, 5.41) is 3.92. The summed E-state index contributed by atoms with van der Waals surface area (Å²) in [7, 11) is 0. The quantitative estimate of drug-likeness (QED) is 0.406. The minimum Gasteiger partial charge on any atom is -0.454 e. The van der Waals surface area contributed by atoms with Gasteiger partial charge in [0.25, 0.3) is 5.91 Å². The van der Waals surface area contributed by atoms with Crippen LogP contribution in [0.1, 0.15) is 10.4 Å². The van der Waals surface area contributed by atoms with Gasteiger partial charge in [0, 0.05) is 10.9 Å². The third-order valence-electron chi connectivity index (χ3n) is 3.74. The Morgan fingerprint density at radius 2 is 1.81 bits per heavy atom. The molecule has 0 atom stereocenters. The van der Waals surface area contributed by atoms with Crippen molar-refractivity contribution in [3.05, 3.63) is 58.5 Å². The molecule has 5 nitrogen and oxygen atoms in total. The molecule has 2 heterocycles. The number of benzene rings is 2. The summed E-state index contributed by atoms with van der Waals surface area (Å²) in [4.78, 5) is 16.2. The second kappa shape index (κ2) is 6.54. The van der Waals surface area contributed by atoms with Gasteiger partial charge in [-0.2, -0.15) is 0 Å². The van der Waals surface area contributed by atoms with E-state index < -0.39 is 34.7 Å². The van der Waals surface area contributed by atoms with Crippen LogP contribution in [-0.4, -0.2) is 17.7 Å². The molecule has 1 aliphatic rings. The topological polar surface area (TPSA) is 60.5 Å². The molecule has 1 aromatic heterocycles. The molecule has 10 heteroatoms. The fourth-order valence-corrected chi connectivity index (χ4v) is 3.14. The molecule has 0 saturated heterocycles. The van der Waals surface area contributed by atoms with Gasteiger partial charge in [0.15, 0.2) is 39.9 Å². The van der Waals surface area contributed by atoms with E-state index in [1.807, 2.05) is 0 Å². The van der Waals surface area contributed by atoms with Crippen molar-refractivity contribution in [2.24, 2.45) is 0 Å². The van der Waals surface area contributed by atoms with Gasteiger partial charge >= 0.3 is 0 Å². The van der Waals surface area contributed by atoms with Crippen molar-refractivity contribution in [2.75, 3.05) is 12.1 Å². The first-order chi connectivity index (χ1) is 12.9. The number of carbonyl (C=O) groups is 1. The zero-order valence-corrected chi connectivity index (χ0v) is 14.0. The first kappa shape index (κ1) is 17.3. The van der Waals surface area contributed by atoms with Crippen LogP contribution in [0.3, 0.4) is 0 Å². The maximum Gasteiger partial charge on any atom is 0.260 e. The standard InChI is InChI=1S/C17H8F4N2O3S/c18-9-4-8(13(19)15(21)14(9)20)16(24)23-17-22-10(5-27-17)7-1-2-11-12(3-7)26-6-25-11/h1-5H,6H2,(H,22,23,24). The summed E-state index contributed by atoms with van der Waals surface area (Å²) < 4.78 is 63.7. The zero-order valence-electron chi connectivity index (χ0n) is 13.2. The molecule has 1 N–H and O–H groups in total. The highest BCUT2D eigenvalue weighted by molar-refractivity contribution is 7.14. The first-order valence-electron chi connectivity index (χ1n) is 7.44. The number of nitrogens with one attached hydrogen (secondary N) is 1. The van der Waals surface area contributed by atoms with Gasteiger partial charge in [-0.1, -0.05) is 0 Å². The number of amides is 1. The largest absolute Gasteiger partial charge is 0.454 e. The monoisotopic (exact) mass is 396 g/mol. The van der Waals surface area contributed by atoms with E-state index in [1.54, 1.807) is 23.6 Å². The van der Waals surface area contributed by atoms with Crippen LogP contribution in [0.5, 0.6) is 11.5 Å². The number of carbonyl (C=O) groups excluding carboxylic acids is 1. The number of aromatic nitrogens is 1. The summed E-state index contributed by atoms with van der Waals surface area (Å²) in [6, 6.07) is 5.43. The van der Waals surface area contributed by atoms with E-state index in [9.17, 15) is 22.4 Å². The van der Waals surface area contributed by atoms with Crippen LogP contribution in [0.2, 0.25) is 0 Å². The molecule has 1 amide bonds. The number of ether oxygens (including phenoxy) is 2. The van der Waals surface area contributed by atoms with Gasteiger partial charge in [0.1, 0.15) is 0 Å². The van der Waals surface area contributed by atoms with Crippen LogP contribution < -0.4 is 14.8 Å². The molecular weight excluding hydrogens is 388 g/mol. The Bertz CT molecular complexity index is 1070. The van der Waals surface area contributed by atoms with Crippen molar-refractivity contribution >= 4 is 22.4 Å². The van der Waals surface area contributed by atoms with Crippen molar-refractivity contribution in [2.45, 2.75) is 0 Å². The van der Waals surface area contributed by atoms with E-state index in [4.69, 9.17) is 9.47 Å². The number of hydrogen-bond acceptors (Lipinski definition) is 5. The molecule has 0 spiro atoms. The Labute approximate surface area is 153 Å². The van der Waals surface area contributed by atoms with Crippen LogP contribution in [-0.2, 0) is 0 Å². The molecule has 0 bridgehead atoms. The lowest BCUT2D eigenvalue weighted by molar-refractivity contribution is 0.102. The second-order valence-corrected chi connectivity index (χ2v) is 6.27. The van der Waals surface area contributed by atoms with E-state index in [-0.39, 0.29) is 18.0 Å². The van der Waals surface area contributed by atoms with Crippen LogP contribution in [0.15, 0.2) is 29.6 Å². The van der Waals surface area contributed by atoms with Gasteiger partial charge in [-0.25, -0.2) is 22.5 Å².